The summed E-state index contributed by atoms with van der Waals surface area (Å²) in [7, 11) is 1.55. The molecule has 0 bridgehead atoms. The number of nitrogens with one attached hydrogen (secondary N) is 1. The van der Waals surface area contributed by atoms with Crippen molar-refractivity contribution in [3.63, 3.8) is 0 Å². The van der Waals surface area contributed by atoms with Gasteiger partial charge in [-0.15, -0.1) is 0 Å². The van der Waals surface area contributed by atoms with E-state index < -0.39 is 4.92 Å². The zero-order chi connectivity index (χ0) is 22.1. The molecule has 3 aromatic rings. The number of hydrogen-bond donors (Lipinski definition) is 1. The molecular weight excluding hydrogens is 398 g/mol. The molecule has 0 fully saturated rings. The minimum absolute atomic E-state index is 0.0568. The van der Waals surface area contributed by atoms with Crippen molar-refractivity contribution in [2.45, 2.75) is 13.2 Å². The van der Waals surface area contributed by atoms with Crippen LogP contribution in [0.25, 0.3) is 6.08 Å². The van der Waals surface area contributed by atoms with Gasteiger partial charge in [0.25, 0.3) is 5.69 Å². The number of aromatic nitrogens is 1. The van der Waals surface area contributed by atoms with Crippen LogP contribution in [0.1, 0.15) is 16.7 Å². The number of rotatable bonds is 9. The number of nitro benzene ring substituents is 1. The summed E-state index contributed by atoms with van der Waals surface area (Å²) in [6.45, 7) is 0.645. The van der Waals surface area contributed by atoms with Crippen LogP contribution in [0.15, 0.2) is 73.1 Å². The van der Waals surface area contributed by atoms with Crippen LogP contribution in [-0.4, -0.2) is 22.9 Å². The molecular formula is C23H21N3O5. The Hall–Kier alpha value is -4.20. The predicted octanol–water partition coefficient (Wildman–Crippen LogP) is 3.91. The summed E-state index contributed by atoms with van der Waals surface area (Å²) in [6.07, 6.45) is 6.09. The van der Waals surface area contributed by atoms with Crippen molar-refractivity contribution in [1.82, 2.24) is 10.3 Å². The zero-order valence-electron chi connectivity index (χ0n) is 16.9. The molecule has 0 spiro atoms. The molecule has 1 amide bonds. The molecule has 31 heavy (non-hydrogen) atoms. The summed E-state index contributed by atoms with van der Waals surface area (Å²) in [5.74, 6) is 0.775. The van der Waals surface area contributed by atoms with E-state index in [-0.39, 0.29) is 18.1 Å². The normalized spacial score (nSPS) is 10.6. The maximum Gasteiger partial charge on any atom is 0.276 e. The van der Waals surface area contributed by atoms with E-state index in [2.05, 4.69) is 10.3 Å². The SMILES string of the molecule is COc1cc(CNC(=O)/C=C/c2ccccc2[N+](=O)[O-])ccc1OCc1ccncc1. The third kappa shape index (κ3) is 6.14. The Bertz CT molecular complexity index is 1080. The van der Waals surface area contributed by atoms with Crippen molar-refractivity contribution in [1.29, 1.82) is 0 Å². The van der Waals surface area contributed by atoms with Gasteiger partial charge in [-0.3, -0.25) is 19.9 Å². The number of amides is 1. The van der Waals surface area contributed by atoms with Gasteiger partial charge in [-0.2, -0.15) is 0 Å². The smallest absolute Gasteiger partial charge is 0.276 e. The first kappa shape index (κ1) is 21.5. The highest BCUT2D eigenvalue weighted by molar-refractivity contribution is 5.92. The molecule has 3 rings (SSSR count). The summed E-state index contributed by atoms with van der Waals surface area (Å²) < 4.78 is 11.2. The minimum Gasteiger partial charge on any atom is -0.493 e. The molecule has 0 saturated carbocycles. The Morgan fingerprint density at radius 1 is 1.10 bits per heavy atom. The first-order valence-electron chi connectivity index (χ1n) is 9.45. The number of hydrogen-bond acceptors (Lipinski definition) is 6. The fourth-order valence-corrected chi connectivity index (χ4v) is 2.79. The molecule has 8 heteroatoms. The maximum atomic E-state index is 12.1. The number of methoxy groups -OCH3 is 1. The Labute approximate surface area is 179 Å². The second kappa shape index (κ2) is 10.5. The number of carbonyl (C=O) groups is 1. The van der Waals surface area contributed by atoms with Crippen LogP contribution in [0.4, 0.5) is 5.69 Å². The zero-order valence-corrected chi connectivity index (χ0v) is 16.9. The lowest BCUT2D eigenvalue weighted by atomic mass is 10.1. The molecule has 0 aliphatic rings. The van der Waals surface area contributed by atoms with Crippen LogP contribution < -0.4 is 14.8 Å². The van der Waals surface area contributed by atoms with Crippen LogP contribution in [0.5, 0.6) is 11.5 Å². The number of nitrogens with zero attached hydrogens (tertiary/aromatic N) is 2. The topological polar surface area (TPSA) is 104 Å². The van der Waals surface area contributed by atoms with Crippen molar-refractivity contribution in [3.8, 4) is 11.5 Å². The van der Waals surface area contributed by atoms with E-state index in [4.69, 9.17) is 9.47 Å². The van der Waals surface area contributed by atoms with Crippen LogP contribution in [0, 0.1) is 10.1 Å². The van der Waals surface area contributed by atoms with E-state index in [1.807, 2.05) is 18.2 Å². The van der Waals surface area contributed by atoms with Crippen molar-refractivity contribution >= 4 is 17.7 Å². The van der Waals surface area contributed by atoms with Gasteiger partial charge in [-0.05, 0) is 47.5 Å². The molecule has 1 heterocycles. The van der Waals surface area contributed by atoms with Gasteiger partial charge in [-0.25, -0.2) is 0 Å². The molecule has 0 aliphatic carbocycles. The highest BCUT2D eigenvalue weighted by Crippen LogP contribution is 2.28. The number of carbonyl (C=O) groups excluding carboxylic acids is 1. The van der Waals surface area contributed by atoms with E-state index in [0.29, 0.717) is 23.7 Å². The monoisotopic (exact) mass is 419 g/mol. The molecule has 8 nitrogen and oxygen atoms in total. The van der Waals surface area contributed by atoms with Crippen molar-refractivity contribution in [2.24, 2.45) is 0 Å². The lowest BCUT2D eigenvalue weighted by molar-refractivity contribution is -0.385. The van der Waals surface area contributed by atoms with E-state index in [1.54, 1.807) is 49.8 Å². The summed E-state index contributed by atoms with van der Waals surface area (Å²) >= 11 is 0. The van der Waals surface area contributed by atoms with Crippen molar-refractivity contribution < 1.29 is 19.2 Å². The number of benzene rings is 2. The molecule has 0 unspecified atom stereocenters. The van der Waals surface area contributed by atoms with Gasteiger partial charge >= 0.3 is 0 Å². The first-order chi connectivity index (χ1) is 15.1. The number of pyridine rings is 1. The van der Waals surface area contributed by atoms with E-state index >= 15 is 0 Å². The molecule has 0 saturated heterocycles. The average molecular weight is 419 g/mol. The van der Waals surface area contributed by atoms with E-state index in [0.717, 1.165) is 11.1 Å². The predicted molar refractivity (Wildman–Crippen MR) is 116 cm³/mol. The summed E-state index contributed by atoms with van der Waals surface area (Å²) in [4.78, 5) is 26.7. The third-order valence-electron chi connectivity index (χ3n) is 4.39. The molecule has 1 aromatic heterocycles. The van der Waals surface area contributed by atoms with Crippen molar-refractivity contribution in [3.05, 3.63) is 99.9 Å². The molecule has 0 aliphatic heterocycles. The highest BCUT2D eigenvalue weighted by atomic mass is 16.6. The Morgan fingerprint density at radius 3 is 2.61 bits per heavy atom. The molecule has 158 valence electrons. The lowest BCUT2D eigenvalue weighted by Gasteiger charge is -2.12. The molecule has 0 atom stereocenters. The first-order valence-corrected chi connectivity index (χ1v) is 9.45. The van der Waals surface area contributed by atoms with Crippen LogP contribution in [-0.2, 0) is 17.9 Å². The van der Waals surface area contributed by atoms with Gasteiger partial charge in [-0.1, -0.05) is 18.2 Å². The van der Waals surface area contributed by atoms with Gasteiger partial charge in [0, 0.05) is 31.1 Å². The number of ether oxygens (including phenoxy) is 2. The highest BCUT2D eigenvalue weighted by Gasteiger charge is 2.10. The van der Waals surface area contributed by atoms with E-state index in [1.165, 1.54) is 18.2 Å². The quantitative estimate of drug-likeness (QED) is 0.320. The third-order valence-corrected chi connectivity index (χ3v) is 4.39. The Balaban J connectivity index is 1.59. The molecule has 1 N–H and O–H groups in total. The van der Waals surface area contributed by atoms with Gasteiger partial charge in [0.1, 0.15) is 6.61 Å². The van der Waals surface area contributed by atoms with E-state index in [9.17, 15) is 14.9 Å². The maximum absolute atomic E-state index is 12.1. The van der Waals surface area contributed by atoms with Gasteiger partial charge in [0.05, 0.1) is 17.6 Å². The fraction of sp³-hybridized carbons (Fsp3) is 0.130. The average Bonchev–Trinajstić information content (AvgIpc) is 2.81. The standard InChI is InChI=1S/C23H21N3O5/c1-30-22-14-18(6-8-21(22)31-16-17-10-12-24-13-11-17)15-25-23(27)9-7-19-4-2-3-5-20(19)26(28)29/h2-14H,15-16H2,1H3,(H,25,27)/b9-7+. The van der Waals surface area contributed by atoms with Gasteiger partial charge in [0.2, 0.25) is 5.91 Å². The lowest BCUT2D eigenvalue weighted by Crippen LogP contribution is -2.20. The Morgan fingerprint density at radius 2 is 1.87 bits per heavy atom. The largest absolute Gasteiger partial charge is 0.493 e. The van der Waals surface area contributed by atoms with Gasteiger partial charge < -0.3 is 14.8 Å². The van der Waals surface area contributed by atoms with Crippen LogP contribution >= 0.6 is 0 Å². The fourth-order valence-electron chi connectivity index (χ4n) is 2.79. The second-order valence-corrected chi connectivity index (χ2v) is 6.50. The summed E-state index contributed by atoms with van der Waals surface area (Å²) in [5, 5.41) is 13.8. The number of nitro groups is 1. The van der Waals surface area contributed by atoms with Crippen molar-refractivity contribution in [2.75, 3.05) is 7.11 Å². The Kier molecular flexibility index (Phi) is 7.31. The second-order valence-electron chi connectivity index (χ2n) is 6.50. The number of para-hydroxylation sites is 1. The van der Waals surface area contributed by atoms with Gasteiger partial charge in [0.15, 0.2) is 11.5 Å². The van der Waals surface area contributed by atoms with Crippen LogP contribution in [0.3, 0.4) is 0 Å². The van der Waals surface area contributed by atoms with Crippen LogP contribution in [0.2, 0.25) is 0 Å². The summed E-state index contributed by atoms with van der Waals surface area (Å²) in [5.41, 5.74) is 2.11. The molecule has 0 radical (unpaired) electrons. The summed E-state index contributed by atoms with van der Waals surface area (Å²) in [6, 6.07) is 15.4. The minimum atomic E-state index is -0.484. The molecule has 2 aromatic carbocycles.